The van der Waals surface area contributed by atoms with Crippen molar-refractivity contribution in [2.24, 2.45) is 0 Å². The van der Waals surface area contributed by atoms with Crippen molar-refractivity contribution in [1.82, 2.24) is 14.9 Å². The van der Waals surface area contributed by atoms with Crippen LogP contribution >= 0.6 is 0 Å². The molecule has 0 spiro atoms. The zero-order valence-corrected chi connectivity index (χ0v) is 11.8. The van der Waals surface area contributed by atoms with E-state index in [1.165, 1.54) is 38.8 Å². The molecule has 19 heavy (non-hydrogen) atoms. The minimum Gasteiger partial charge on any atom is -0.467 e. The van der Waals surface area contributed by atoms with Crippen molar-refractivity contribution < 1.29 is 4.74 Å². The van der Waals surface area contributed by atoms with Crippen LogP contribution in [-0.4, -0.2) is 47.2 Å². The van der Waals surface area contributed by atoms with E-state index in [-0.39, 0.29) is 0 Å². The number of rotatable bonds is 4. The van der Waals surface area contributed by atoms with Crippen LogP contribution in [0.2, 0.25) is 0 Å². The molecule has 5 heteroatoms. The number of anilines is 1. The molecule has 1 N–H and O–H groups in total. The van der Waals surface area contributed by atoms with Gasteiger partial charge in [0.05, 0.1) is 7.11 Å². The van der Waals surface area contributed by atoms with E-state index in [1.807, 2.05) is 13.0 Å². The van der Waals surface area contributed by atoms with Crippen LogP contribution in [-0.2, 0) is 0 Å². The Morgan fingerprint density at radius 3 is 2.74 bits per heavy atom. The van der Waals surface area contributed by atoms with E-state index < -0.39 is 0 Å². The van der Waals surface area contributed by atoms with Crippen LogP contribution in [0.15, 0.2) is 6.07 Å². The monoisotopic (exact) mass is 262 g/mol. The summed E-state index contributed by atoms with van der Waals surface area (Å²) in [7, 11) is 1.60. The maximum absolute atomic E-state index is 5.12. The van der Waals surface area contributed by atoms with Gasteiger partial charge in [-0.25, -0.2) is 4.98 Å². The Bertz CT molecular complexity index is 453. The molecule has 2 saturated heterocycles. The first-order chi connectivity index (χ1) is 9.22. The second-order valence-corrected chi connectivity index (χ2v) is 5.65. The summed E-state index contributed by atoms with van der Waals surface area (Å²) in [6, 6.07) is 2.42. The lowest BCUT2D eigenvalue weighted by Crippen LogP contribution is -2.44. The molecule has 0 atom stereocenters. The number of hydrogen-bond donors (Lipinski definition) is 1. The lowest BCUT2D eigenvalue weighted by atomic mass is 9.94. The molecule has 1 aromatic heterocycles. The van der Waals surface area contributed by atoms with E-state index in [2.05, 4.69) is 20.2 Å². The van der Waals surface area contributed by atoms with Gasteiger partial charge in [0.2, 0.25) is 0 Å². The molecule has 2 aliphatic heterocycles. The number of aryl methyl sites for hydroxylation is 1. The molecule has 1 aromatic rings. The van der Waals surface area contributed by atoms with Crippen LogP contribution in [0.3, 0.4) is 0 Å². The largest absolute Gasteiger partial charge is 0.467 e. The highest BCUT2D eigenvalue weighted by atomic mass is 16.5. The fourth-order valence-corrected chi connectivity index (χ4v) is 3.49. The minimum atomic E-state index is 0.367. The Morgan fingerprint density at radius 2 is 2.05 bits per heavy atom. The first kappa shape index (κ1) is 12.7. The van der Waals surface area contributed by atoms with Gasteiger partial charge in [0, 0.05) is 23.8 Å². The lowest BCUT2D eigenvalue weighted by molar-refractivity contribution is 0.209. The van der Waals surface area contributed by atoms with Crippen LogP contribution < -0.4 is 10.1 Å². The molecule has 0 amide bonds. The third-order valence-corrected chi connectivity index (χ3v) is 4.43. The van der Waals surface area contributed by atoms with E-state index in [0.29, 0.717) is 11.5 Å². The fourth-order valence-electron chi connectivity index (χ4n) is 3.49. The van der Waals surface area contributed by atoms with Crippen LogP contribution in [0.25, 0.3) is 0 Å². The Hall–Kier alpha value is -1.36. The van der Waals surface area contributed by atoms with Gasteiger partial charge >= 0.3 is 6.01 Å². The highest BCUT2D eigenvalue weighted by Gasteiger charge is 2.43. The van der Waals surface area contributed by atoms with Gasteiger partial charge in [0.25, 0.3) is 0 Å². The maximum Gasteiger partial charge on any atom is 0.318 e. The molecule has 0 bridgehead atoms. The van der Waals surface area contributed by atoms with Gasteiger partial charge in [-0.1, -0.05) is 0 Å². The molecule has 2 aliphatic rings. The van der Waals surface area contributed by atoms with Crippen molar-refractivity contribution in [1.29, 1.82) is 0 Å². The standard InChI is InChI=1S/C14H22N4O/c1-11-9-12(17-13(16-11)19-2)15-10-14-5-3-7-18(14)8-4-6-14/h9H,3-8,10H2,1-2H3,(H,15,16,17). The van der Waals surface area contributed by atoms with Gasteiger partial charge in [-0.3, -0.25) is 4.90 Å². The van der Waals surface area contributed by atoms with Crippen molar-refractivity contribution in [3.8, 4) is 6.01 Å². The summed E-state index contributed by atoms with van der Waals surface area (Å²) in [5.41, 5.74) is 1.30. The Labute approximate surface area is 114 Å². The van der Waals surface area contributed by atoms with Crippen LogP contribution in [0, 0.1) is 6.92 Å². The van der Waals surface area contributed by atoms with Crippen molar-refractivity contribution in [2.75, 3.05) is 32.1 Å². The molecule has 3 heterocycles. The molecular formula is C14H22N4O. The normalized spacial score (nSPS) is 21.4. The van der Waals surface area contributed by atoms with Gasteiger partial charge < -0.3 is 10.1 Å². The zero-order chi connectivity index (χ0) is 13.3. The van der Waals surface area contributed by atoms with Crippen LogP contribution in [0.5, 0.6) is 6.01 Å². The first-order valence-corrected chi connectivity index (χ1v) is 7.10. The quantitative estimate of drug-likeness (QED) is 0.897. The average Bonchev–Trinajstić information content (AvgIpc) is 2.95. The van der Waals surface area contributed by atoms with E-state index in [4.69, 9.17) is 4.74 Å². The average molecular weight is 262 g/mol. The summed E-state index contributed by atoms with van der Waals surface area (Å²) >= 11 is 0. The highest BCUT2D eigenvalue weighted by Crippen LogP contribution is 2.38. The number of hydrogen-bond acceptors (Lipinski definition) is 5. The summed E-state index contributed by atoms with van der Waals surface area (Å²) in [6.07, 6.45) is 5.27. The second kappa shape index (κ2) is 4.96. The van der Waals surface area contributed by atoms with E-state index in [0.717, 1.165) is 18.1 Å². The topological polar surface area (TPSA) is 50.3 Å². The maximum atomic E-state index is 5.12. The smallest absolute Gasteiger partial charge is 0.318 e. The van der Waals surface area contributed by atoms with Crippen molar-refractivity contribution in [2.45, 2.75) is 38.1 Å². The van der Waals surface area contributed by atoms with Gasteiger partial charge in [-0.2, -0.15) is 4.98 Å². The van der Waals surface area contributed by atoms with Gasteiger partial charge in [0.1, 0.15) is 5.82 Å². The highest BCUT2D eigenvalue weighted by molar-refractivity contribution is 5.37. The number of aromatic nitrogens is 2. The first-order valence-electron chi connectivity index (χ1n) is 7.10. The molecule has 0 aromatic carbocycles. The van der Waals surface area contributed by atoms with Crippen molar-refractivity contribution >= 4 is 5.82 Å². The zero-order valence-electron chi connectivity index (χ0n) is 11.8. The number of nitrogens with one attached hydrogen (secondary N) is 1. The summed E-state index contributed by atoms with van der Waals surface area (Å²) in [6.45, 7) is 5.46. The van der Waals surface area contributed by atoms with Gasteiger partial charge in [0.15, 0.2) is 0 Å². The summed E-state index contributed by atoms with van der Waals surface area (Å²) < 4.78 is 5.12. The predicted octanol–water partition coefficient (Wildman–Crippen LogP) is 1.83. The number of ether oxygens (including phenoxy) is 1. The summed E-state index contributed by atoms with van der Waals surface area (Å²) in [5.74, 6) is 0.873. The molecular weight excluding hydrogens is 240 g/mol. The van der Waals surface area contributed by atoms with E-state index in [9.17, 15) is 0 Å². The minimum absolute atomic E-state index is 0.367. The number of fused-ring (bicyclic) bond motifs is 1. The van der Waals surface area contributed by atoms with Crippen LogP contribution in [0.1, 0.15) is 31.4 Å². The van der Waals surface area contributed by atoms with Crippen LogP contribution in [0.4, 0.5) is 5.82 Å². The Morgan fingerprint density at radius 1 is 1.32 bits per heavy atom. The molecule has 0 radical (unpaired) electrons. The summed E-state index contributed by atoms with van der Waals surface area (Å²) in [5, 5.41) is 3.49. The van der Waals surface area contributed by atoms with E-state index in [1.54, 1.807) is 7.11 Å². The third-order valence-electron chi connectivity index (χ3n) is 4.43. The van der Waals surface area contributed by atoms with Crippen molar-refractivity contribution in [3.05, 3.63) is 11.8 Å². The lowest BCUT2D eigenvalue weighted by Gasteiger charge is -2.32. The predicted molar refractivity (Wildman–Crippen MR) is 74.6 cm³/mol. The van der Waals surface area contributed by atoms with Gasteiger partial charge in [-0.15, -0.1) is 0 Å². The third kappa shape index (κ3) is 2.39. The molecule has 104 valence electrons. The SMILES string of the molecule is COc1nc(C)cc(NCC23CCCN2CCC3)n1. The Kier molecular flexibility index (Phi) is 3.31. The van der Waals surface area contributed by atoms with E-state index >= 15 is 0 Å². The molecule has 2 fully saturated rings. The number of methoxy groups -OCH3 is 1. The van der Waals surface area contributed by atoms with Crippen molar-refractivity contribution in [3.63, 3.8) is 0 Å². The Balaban J connectivity index is 1.70. The second-order valence-electron chi connectivity index (χ2n) is 5.65. The fraction of sp³-hybridized carbons (Fsp3) is 0.714. The molecule has 0 unspecified atom stereocenters. The molecule has 0 saturated carbocycles. The molecule has 0 aliphatic carbocycles. The molecule has 3 rings (SSSR count). The number of nitrogens with zero attached hydrogens (tertiary/aromatic N) is 3. The summed E-state index contributed by atoms with van der Waals surface area (Å²) in [4.78, 5) is 11.2. The van der Waals surface area contributed by atoms with Gasteiger partial charge in [-0.05, 0) is 45.7 Å². The molecule has 5 nitrogen and oxygen atoms in total.